The molecule has 0 N–H and O–H groups in total. The van der Waals surface area contributed by atoms with Gasteiger partial charge in [0.1, 0.15) is 12.4 Å². The van der Waals surface area contributed by atoms with E-state index in [0.717, 1.165) is 43.4 Å². The number of rotatable bonds is 5. The molecule has 26 heavy (non-hydrogen) atoms. The number of nitrogens with zero attached hydrogens (tertiary/aromatic N) is 2. The molecule has 6 heteroatoms. The summed E-state index contributed by atoms with van der Waals surface area (Å²) in [7, 11) is 0. The molecule has 1 saturated heterocycles. The highest BCUT2D eigenvalue weighted by atomic mass is 19.1. The van der Waals surface area contributed by atoms with Crippen LogP contribution in [-0.4, -0.2) is 40.1 Å². The zero-order valence-corrected chi connectivity index (χ0v) is 14.7. The lowest BCUT2D eigenvalue weighted by Crippen LogP contribution is -2.44. The van der Waals surface area contributed by atoms with E-state index in [1.165, 1.54) is 6.07 Å². The van der Waals surface area contributed by atoms with Crippen LogP contribution in [0.15, 0.2) is 24.3 Å². The highest BCUT2D eigenvalue weighted by molar-refractivity contribution is 6.07. The molecule has 4 rings (SSSR count). The number of likely N-dealkylation sites (tertiary alicyclic amines) is 1. The third kappa shape index (κ3) is 3.13. The lowest BCUT2D eigenvalue weighted by atomic mass is 9.81. The van der Waals surface area contributed by atoms with Crippen LogP contribution in [0.25, 0.3) is 0 Å². The first kappa shape index (κ1) is 17.2. The molecule has 2 saturated carbocycles. The van der Waals surface area contributed by atoms with Gasteiger partial charge in [-0.25, -0.2) is 4.39 Å². The van der Waals surface area contributed by atoms with Crippen molar-refractivity contribution in [3.05, 3.63) is 35.6 Å². The van der Waals surface area contributed by atoms with Gasteiger partial charge in [0.25, 0.3) is 0 Å². The topological polar surface area (TPSA) is 57.7 Å². The Morgan fingerprint density at radius 3 is 2.23 bits per heavy atom. The van der Waals surface area contributed by atoms with Crippen LogP contribution < -0.4 is 0 Å². The van der Waals surface area contributed by atoms with Crippen molar-refractivity contribution in [3.63, 3.8) is 0 Å². The Labute approximate surface area is 152 Å². The van der Waals surface area contributed by atoms with Gasteiger partial charge in [0.2, 0.25) is 17.7 Å². The molecule has 138 valence electrons. The SMILES string of the molecule is O=C1C2CCCCC2C(=O)N1CC(=O)N(Cc1ccccc1F)C1CC1. The van der Waals surface area contributed by atoms with Crippen LogP contribution in [-0.2, 0) is 20.9 Å². The third-order valence-corrected chi connectivity index (χ3v) is 5.83. The van der Waals surface area contributed by atoms with Crippen LogP contribution in [0, 0.1) is 17.7 Å². The molecule has 3 fully saturated rings. The highest BCUT2D eigenvalue weighted by Crippen LogP contribution is 2.38. The van der Waals surface area contributed by atoms with Crippen LogP contribution in [0.4, 0.5) is 4.39 Å². The van der Waals surface area contributed by atoms with E-state index in [1.807, 2.05) is 0 Å². The first-order valence-electron chi connectivity index (χ1n) is 9.44. The number of fused-ring (bicyclic) bond motifs is 1. The average Bonchev–Trinajstić information content (AvgIpc) is 3.46. The van der Waals surface area contributed by atoms with Crippen molar-refractivity contribution in [1.82, 2.24) is 9.80 Å². The fourth-order valence-corrected chi connectivity index (χ4v) is 4.23. The summed E-state index contributed by atoms with van der Waals surface area (Å²) in [5, 5.41) is 0. The Morgan fingerprint density at radius 2 is 1.65 bits per heavy atom. The van der Waals surface area contributed by atoms with Gasteiger partial charge in [0.15, 0.2) is 0 Å². The Morgan fingerprint density at radius 1 is 1.04 bits per heavy atom. The molecule has 0 aromatic heterocycles. The number of hydrogen-bond acceptors (Lipinski definition) is 3. The summed E-state index contributed by atoms with van der Waals surface area (Å²) in [5.74, 6) is -1.50. The van der Waals surface area contributed by atoms with Gasteiger partial charge >= 0.3 is 0 Å². The second kappa shape index (κ2) is 6.82. The van der Waals surface area contributed by atoms with Crippen molar-refractivity contribution in [2.24, 2.45) is 11.8 Å². The molecule has 1 aromatic rings. The minimum absolute atomic E-state index is 0.0807. The van der Waals surface area contributed by atoms with Gasteiger partial charge in [-0.05, 0) is 31.7 Å². The second-order valence-electron chi connectivity index (χ2n) is 7.60. The van der Waals surface area contributed by atoms with E-state index >= 15 is 0 Å². The van der Waals surface area contributed by atoms with E-state index in [9.17, 15) is 18.8 Å². The molecule has 3 amide bonds. The standard InChI is InChI=1S/C20H23FN2O3/c21-17-8-4-1-5-13(17)11-22(14-9-10-14)18(24)12-23-19(25)15-6-2-3-7-16(15)20(23)26/h1,4-5,8,14-16H,2-3,6-7,9-12H2. The number of carbonyl (C=O) groups is 3. The van der Waals surface area contributed by atoms with Crippen molar-refractivity contribution in [2.45, 2.75) is 51.1 Å². The summed E-state index contributed by atoms with van der Waals surface area (Å²) < 4.78 is 14.0. The van der Waals surface area contributed by atoms with Gasteiger partial charge < -0.3 is 4.90 Å². The fraction of sp³-hybridized carbons (Fsp3) is 0.550. The Kier molecular flexibility index (Phi) is 4.51. The molecule has 0 bridgehead atoms. The van der Waals surface area contributed by atoms with Gasteiger partial charge in [0, 0.05) is 18.2 Å². The maximum Gasteiger partial charge on any atom is 0.243 e. The van der Waals surface area contributed by atoms with Crippen LogP contribution in [0.3, 0.4) is 0 Å². The number of halogens is 1. The van der Waals surface area contributed by atoms with Crippen molar-refractivity contribution >= 4 is 17.7 Å². The Bertz CT molecular complexity index is 722. The molecule has 1 heterocycles. The Balaban J connectivity index is 1.48. The van der Waals surface area contributed by atoms with E-state index in [-0.39, 0.29) is 54.5 Å². The number of amides is 3. The van der Waals surface area contributed by atoms with Gasteiger partial charge in [-0.1, -0.05) is 31.0 Å². The number of benzene rings is 1. The predicted molar refractivity (Wildman–Crippen MR) is 92.1 cm³/mol. The minimum atomic E-state index is -0.342. The fourth-order valence-electron chi connectivity index (χ4n) is 4.23. The van der Waals surface area contributed by atoms with Gasteiger partial charge in [-0.2, -0.15) is 0 Å². The van der Waals surface area contributed by atoms with E-state index in [2.05, 4.69) is 0 Å². The normalized spacial score (nSPS) is 25.3. The highest BCUT2D eigenvalue weighted by Gasteiger charge is 2.49. The molecule has 0 radical (unpaired) electrons. The lowest BCUT2D eigenvalue weighted by molar-refractivity contribution is -0.147. The second-order valence-corrected chi connectivity index (χ2v) is 7.60. The molecule has 2 aliphatic carbocycles. The summed E-state index contributed by atoms with van der Waals surface area (Å²) in [5.41, 5.74) is 0.459. The van der Waals surface area contributed by atoms with E-state index < -0.39 is 0 Å². The van der Waals surface area contributed by atoms with Crippen molar-refractivity contribution in [2.75, 3.05) is 6.54 Å². The lowest BCUT2D eigenvalue weighted by Gasteiger charge is -2.25. The van der Waals surface area contributed by atoms with Crippen molar-refractivity contribution in [1.29, 1.82) is 0 Å². The molecule has 5 nitrogen and oxygen atoms in total. The maximum atomic E-state index is 14.0. The van der Waals surface area contributed by atoms with E-state index in [1.54, 1.807) is 23.1 Å². The Hall–Kier alpha value is -2.24. The zero-order chi connectivity index (χ0) is 18.3. The smallest absolute Gasteiger partial charge is 0.243 e. The molecular weight excluding hydrogens is 335 g/mol. The summed E-state index contributed by atoms with van der Waals surface area (Å²) in [6.45, 7) is -0.0329. The first-order chi connectivity index (χ1) is 12.6. The van der Waals surface area contributed by atoms with Crippen LogP contribution >= 0.6 is 0 Å². The minimum Gasteiger partial charge on any atom is -0.334 e. The zero-order valence-electron chi connectivity index (χ0n) is 14.7. The quantitative estimate of drug-likeness (QED) is 0.760. The monoisotopic (exact) mass is 358 g/mol. The summed E-state index contributed by atoms with van der Waals surface area (Å²) in [4.78, 5) is 40.8. The third-order valence-electron chi connectivity index (χ3n) is 5.83. The van der Waals surface area contributed by atoms with Crippen LogP contribution in [0.1, 0.15) is 44.1 Å². The number of imide groups is 1. The van der Waals surface area contributed by atoms with Gasteiger partial charge in [-0.15, -0.1) is 0 Å². The molecule has 1 aromatic carbocycles. The average molecular weight is 358 g/mol. The largest absolute Gasteiger partial charge is 0.334 e. The predicted octanol–water partition coefficient (Wildman–Crippen LogP) is 2.49. The van der Waals surface area contributed by atoms with Crippen molar-refractivity contribution in [3.8, 4) is 0 Å². The van der Waals surface area contributed by atoms with E-state index in [4.69, 9.17) is 0 Å². The molecule has 3 aliphatic rings. The summed E-state index contributed by atoms with van der Waals surface area (Å²) in [6.07, 6.45) is 5.16. The summed E-state index contributed by atoms with van der Waals surface area (Å²) >= 11 is 0. The molecule has 2 unspecified atom stereocenters. The number of hydrogen-bond donors (Lipinski definition) is 0. The van der Waals surface area contributed by atoms with Crippen LogP contribution in [0.5, 0.6) is 0 Å². The molecule has 1 aliphatic heterocycles. The van der Waals surface area contributed by atoms with E-state index in [0.29, 0.717) is 5.56 Å². The van der Waals surface area contributed by atoms with Crippen LogP contribution in [0.2, 0.25) is 0 Å². The summed E-state index contributed by atoms with van der Waals surface area (Å²) in [6, 6.07) is 6.48. The molecule has 2 atom stereocenters. The van der Waals surface area contributed by atoms with Gasteiger partial charge in [0.05, 0.1) is 11.8 Å². The molecule has 0 spiro atoms. The maximum absolute atomic E-state index is 14.0. The van der Waals surface area contributed by atoms with Gasteiger partial charge in [-0.3, -0.25) is 19.3 Å². The number of carbonyl (C=O) groups excluding carboxylic acids is 3. The molecular formula is C20H23FN2O3. The first-order valence-corrected chi connectivity index (χ1v) is 9.44. The van der Waals surface area contributed by atoms with Crippen molar-refractivity contribution < 1.29 is 18.8 Å².